The van der Waals surface area contributed by atoms with Crippen molar-refractivity contribution in [3.05, 3.63) is 218 Å². The Hall–Kier alpha value is -7.88. The summed E-state index contributed by atoms with van der Waals surface area (Å²) < 4.78 is 8.72. The topological polar surface area (TPSA) is 17.4 Å². The number of fused-ring (bicyclic) bond motifs is 7. The van der Waals surface area contributed by atoms with E-state index in [-0.39, 0.29) is 0 Å². The molecule has 3 heteroatoms. The number of para-hydroxylation sites is 3. The fraction of sp³-hybridized carbons (Fsp3) is 0. The van der Waals surface area contributed by atoms with Gasteiger partial charge in [0.2, 0.25) is 0 Å². The van der Waals surface area contributed by atoms with Gasteiger partial charge in [-0.1, -0.05) is 140 Å². The van der Waals surface area contributed by atoms with Crippen molar-refractivity contribution in [3.8, 4) is 50.6 Å². The number of benzene rings is 10. The lowest BCUT2D eigenvalue weighted by atomic mass is 9.99. The van der Waals surface area contributed by atoms with Crippen molar-refractivity contribution in [1.29, 1.82) is 0 Å². The molecule has 0 bridgehead atoms. The maximum absolute atomic E-state index is 6.37. The molecule has 59 heavy (non-hydrogen) atoms. The van der Waals surface area contributed by atoms with Gasteiger partial charge in [-0.2, -0.15) is 0 Å². The van der Waals surface area contributed by atoms with Gasteiger partial charge in [-0.05, 0) is 134 Å². The van der Waals surface area contributed by atoms with E-state index in [0.717, 1.165) is 45.3 Å². The molecular weight excluding hydrogens is 717 g/mol. The van der Waals surface area contributed by atoms with Crippen LogP contribution in [0.15, 0.2) is 218 Å². The van der Waals surface area contributed by atoms with Gasteiger partial charge >= 0.3 is 0 Å². The van der Waals surface area contributed by atoms with Crippen LogP contribution in [0.25, 0.3) is 82.4 Å². The van der Waals surface area contributed by atoms with Gasteiger partial charge < -0.3 is 14.2 Å². The first-order valence-corrected chi connectivity index (χ1v) is 20.2. The number of aromatic nitrogens is 1. The van der Waals surface area contributed by atoms with Gasteiger partial charge in [0, 0.05) is 27.8 Å². The molecule has 0 aliphatic carbocycles. The molecule has 0 saturated carbocycles. The summed E-state index contributed by atoms with van der Waals surface area (Å²) in [6, 6.07) is 78.9. The molecule has 0 atom stereocenters. The molecule has 0 fully saturated rings. The van der Waals surface area contributed by atoms with Crippen LogP contribution in [0.2, 0.25) is 0 Å². The Labute approximate surface area is 342 Å². The van der Waals surface area contributed by atoms with Crippen LogP contribution < -0.4 is 9.64 Å². The van der Waals surface area contributed by atoms with Gasteiger partial charge in [-0.15, -0.1) is 0 Å². The first kappa shape index (κ1) is 33.3. The van der Waals surface area contributed by atoms with Crippen molar-refractivity contribution < 1.29 is 4.74 Å². The SMILES string of the molecule is c1cc(-c2ccc3ccccc3c2)cc(N(c2ccc(-c3ccc4ccccc4c3)cc2)c2ccc(-c3ccc4c(c3)c3cccc5c3n4-c3ccccc3O5)cc2)c1. The molecule has 1 aromatic heterocycles. The monoisotopic (exact) mass is 752 g/mol. The maximum atomic E-state index is 6.37. The first-order valence-electron chi connectivity index (χ1n) is 20.2. The van der Waals surface area contributed by atoms with E-state index in [2.05, 4.69) is 216 Å². The number of rotatable bonds is 6. The van der Waals surface area contributed by atoms with Crippen molar-refractivity contribution in [3.63, 3.8) is 0 Å². The zero-order valence-electron chi connectivity index (χ0n) is 32.1. The molecule has 11 aromatic rings. The molecule has 276 valence electrons. The zero-order valence-corrected chi connectivity index (χ0v) is 32.1. The highest BCUT2D eigenvalue weighted by atomic mass is 16.5. The van der Waals surface area contributed by atoms with Crippen molar-refractivity contribution >= 4 is 60.4 Å². The highest BCUT2D eigenvalue weighted by Gasteiger charge is 2.23. The average molecular weight is 753 g/mol. The Bertz CT molecular complexity index is 3410. The van der Waals surface area contributed by atoms with Crippen molar-refractivity contribution in [2.75, 3.05) is 4.90 Å². The van der Waals surface area contributed by atoms with Gasteiger partial charge in [-0.3, -0.25) is 0 Å². The molecule has 1 aliphatic heterocycles. The molecular formula is C56H36N2O. The minimum Gasteiger partial charge on any atom is -0.453 e. The summed E-state index contributed by atoms with van der Waals surface area (Å²) in [5.74, 6) is 1.76. The van der Waals surface area contributed by atoms with Crippen LogP contribution >= 0.6 is 0 Å². The summed E-state index contributed by atoms with van der Waals surface area (Å²) >= 11 is 0. The third kappa shape index (κ3) is 5.59. The Kier molecular flexibility index (Phi) is 7.54. The highest BCUT2D eigenvalue weighted by molar-refractivity contribution is 6.13. The second kappa shape index (κ2) is 13.4. The molecule has 10 aromatic carbocycles. The number of ether oxygens (including phenoxy) is 1. The smallest absolute Gasteiger partial charge is 0.152 e. The molecule has 0 amide bonds. The van der Waals surface area contributed by atoms with E-state index in [1.54, 1.807) is 0 Å². The highest BCUT2D eigenvalue weighted by Crippen LogP contribution is 2.46. The van der Waals surface area contributed by atoms with Crippen LogP contribution in [0.1, 0.15) is 0 Å². The number of anilines is 3. The molecule has 0 spiro atoms. The summed E-state index contributed by atoms with van der Waals surface area (Å²) in [7, 11) is 0. The molecule has 12 rings (SSSR count). The van der Waals surface area contributed by atoms with Gasteiger partial charge in [0.25, 0.3) is 0 Å². The molecule has 2 heterocycles. The molecule has 0 unspecified atom stereocenters. The standard InChI is InChI=1S/C56H36N2O/c1-3-11-41-33-44(21-19-37(41)9-1)39-23-28-47(29-24-39)57(49-14-7-13-43(35-49)45-22-20-38-10-2-4-12-42(38)34-45)48-30-25-40(26-31-48)46-27-32-52-51(36-46)50-15-8-18-55-56(50)58(52)53-16-5-6-17-54(53)59-55/h1-36H. The largest absolute Gasteiger partial charge is 0.453 e. The predicted molar refractivity (Wildman–Crippen MR) is 247 cm³/mol. The average Bonchev–Trinajstić information content (AvgIpc) is 3.64. The first-order chi connectivity index (χ1) is 29.2. The van der Waals surface area contributed by atoms with E-state index in [1.165, 1.54) is 65.7 Å². The quantitative estimate of drug-likeness (QED) is 0.168. The molecule has 3 nitrogen and oxygen atoms in total. The van der Waals surface area contributed by atoms with Gasteiger partial charge in [0.1, 0.15) is 0 Å². The Balaban J connectivity index is 0.946. The van der Waals surface area contributed by atoms with E-state index >= 15 is 0 Å². The summed E-state index contributed by atoms with van der Waals surface area (Å²) in [5, 5.41) is 7.38. The third-order valence-corrected chi connectivity index (χ3v) is 11.9. The number of hydrogen-bond acceptors (Lipinski definition) is 2. The van der Waals surface area contributed by atoms with Crippen LogP contribution in [-0.2, 0) is 0 Å². The lowest BCUT2D eigenvalue weighted by Gasteiger charge is -2.26. The van der Waals surface area contributed by atoms with Crippen molar-refractivity contribution in [1.82, 2.24) is 4.57 Å². The fourth-order valence-corrected chi connectivity index (χ4v) is 9.01. The van der Waals surface area contributed by atoms with E-state index in [4.69, 9.17) is 4.74 Å². The number of nitrogens with zero attached hydrogens (tertiary/aromatic N) is 2. The molecule has 0 N–H and O–H groups in total. The lowest BCUT2D eigenvalue weighted by molar-refractivity contribution is 0.476. The second-order valence-corrected chi connectivity index (χ2v) is 15.4. The Morgan fingerprint density at radius 1 is 0.322 bits per heavy atom. The van der Waals surface area contributed by atoms with Crippen LogP contribution in [0, 0.1) is 0 Å². The normalized spacial score (nSPS) is 11.9. The van der Waals surface area contributed by atoms with Crippen LogP contribution in [0.5, 0.6) is 11.5 Å². The molecule has 0 saturated heterocycles. The van der Waals surface area contributed by atoms with Gasteiger partial charge in [0.05, 0.1) is 16.7 Å². The van der Waals surface area contributed by atoms with Crippen LogP contribution in [0.4, 0.5) is 17.1 Å². The number of hydrogen-bond donors (Lipinski definition) is 0. The van der Waals surface area contributed by atoms with Crippen LogP contribution in [0.3, 0.4) is 0 Å². The summed E-state index contributed by atoms with van der Waals surface area (Å²) in [6.07, 6.45) is 0. The fourth-order valence-electron chi connectivity index (χ4n) is 9.01. The summed E-state index contributed by atoms with van der Waals surface area (Å²) in [6.45, 7) is 0. The Morgan fingerprint density at radius 3 is 1.54 bits per heavy atom. The Morgan fingerprint density at radius 2 is 0.847 bits per heavy atom. The summed E-state index contributed by atoms with van der Waals surface area (Å²) in [5.41, 5.74) is 13.7. The third-order valence-electron chi connectivity index (χ3n) is 11.9. The van der Waals surface area contributed by atoms with E-state index in [9.17, 15) is 0 Å². The van der Waals surface area contributed by atoms with Crippen LogP contribution in [-0.4, -0.2) is 4.57 Å². The van der Waals surface area contributed by atoms with Crippen molar-refractivity contribution in [2.24, 2.45) is 0 Å². The minimum atomic E-state index is 0.875. The minimum absolute atomic E-state index is 0.875. The van der Waals surface area contributed by atoms with E-state index in [1.807, 2.05) is 12.1 Å². The molecule has 1 aliphatic rings. The van der Waals surface area contributed by atoms with Gasteiger partial charge in [0.15, 0.2) is 11.5 Å². The second-order valence-electron chi connectivity index (χ2n) is 15.4. The predicted octanol–water partition coefficient (Wildman–Crippen LogP) is 15.7. The lowest BCUT2D eigenvalue weighted by Crippen LogP contribution is -2.10. The van der Waals surface area contributed by atoms with E-state index in [0.29, 0.717) is 0 Å². The van der Waals surface area contributed by atoms with E-state index < -0.39 is 0 Å². The molecule has 0 radical (unpaired) electrons. The van der Waals surface area contributed by atoms with Crippen molar-refractivity contribution in [2.45, 2.75) is 0 Å². The maximum Gasteiger partial charge on any atom is 0.152 e. The summed E-state index contributed by atoms with van der Waals surface area (Å²) in [4.78, 5) is 2.36. The zero-order chi connectivity index (χ0) is 38.9. The van der Waals surface area contributed by atoms with Gasteiger partial charge in [-0.25, -0.2) is 0 Å².